The van der Waals surface area contributed by atoms with Crippen molar-refractivity contribution in [3.8, 4) is 0 Å². The maximum Gasteiger partial charge on any atom is 0.338 e. The fourth-order valence-electron chi connectivity index (χ4n) is 2.13. The first-order chi connectivity index (χ1) is 8.16. The quantitative estimate of drug-likeness (QED) is 0.796. The minimum Gasteiger partial charge on any atom is -0.458 e. The van der Waals surface area contributed by atoms with Crippen molar-refractivity contribution in [1.82, 2.24) is 5.32 Å². The summed E-state index contributed by atoms with van der Waals surface area (Å²) >= 11 is 0. The van der Waals surface area contributed by atoms with Gasteiger partial charge < -0.3 is 10.1 Å². The van der Waals surface area contributed by atoms with Gasteiger partial charge in [0.1, 0.15) is 6.10 Å². The summed E-state index contributed by atoms with van der Waals surface area (Å²) in [4.78, 5) is 11.9. The van der Waals surface area contributed by atoms with E-state index in [1.54, 1.807) is 12.1 Å². The van der Waals surface area contributed by atoms with Crippen LogP contribution < -0.4 is 5.32 Å². The van der Waals surface area contributed by atoms with E-state index in [2.05, 4.69) is 19.2 Å². The van der Waals surface area contributed by atoms with Gasteiger partial charge in [-0.2, -0.15) is 0 Å². The molecule has 0 saturated carbocycles. The average Bonchev–Trinajstić information content (AvgIpc) is 2.35. The van der Waals surface area contributed by atoms with Crippen molar-refractivity contribution in [2.75, 3.05) is 6.54 Å². The first-order valence-corrected chi connectivity index (χ1v) is 6.16. The van der Waals surface area contributed by atoms with E-state index < -0.39 is 0 Å². The van der Waals surface area contributed by atoms with Gasteiger partial charge in [-0.05, 0) is 25.5 Å². The molecular formula is C14H19NO2. The molecular weight excluding hydrogens is 214 g/mol. The molecule has 92 valence electrons. The van der Waals surface area contributed by atoms with Crippen molar-refractivity contribution in [3.63, 3.8) is 0 Å². The lowest BCUT2D eigenvalue weighted by Crippen LogP contribution is -2.45. The van der Waals surface area contributed by atoms with E-state index in [0.717, 1.165) is 13.0 Å². The summed E-state index contributed by atoms with van der Waals surface area (Å²) in [7, 11) is 0. The van der Waals surface area contributed by atoms with Gasteiger partial charge in [0.25, 0.3) is 0 Å². The van der Waals surface area contributed by atoms with E-state index >= 15 is 0 Å². The number of rotatable bonds is 2. The Morgan fingerprint density at radius 1 is 1.29 bits per heavy atom. The zero-order valence-corrected chi connectivity index (χ0v) is 10.3. The fraction of sp³-hybridized carbons (Fsp3) is 0.500. The van der Waals surface area contributed by atoms with Crippen molar-refractivity contribution in [3.05, 3.63) is 35.9 Å². The molecule has 3 nitrogen and oxygen atoms in total. The number of hydrogen-bond acceptors (Lipinski definition) is 3. The second-order valence-electron chi connectivity index (χ2n) is 4.83. The van der Waals surface area contributed by atoms with Crippen LogP contribution >= 0.6 is 0 Å². The summed E-state index contributed by atoms with van der Waals surface area (Å²) in [6.07, 6.45) is 0.915. The van der Waals surface area contributed by atoms with Gasteiger partial charge in [0.05, 0.1) is 5.56 Å². The molecule has 0 unspecified atom stereocenters. The summed E-state index contributed by atoms with van der Waals surface area (Å²) in [5.74, 6) is 0.162. The largest absolute Gasteiger partial charge is 0.458 e. The third kappa shape index (κ3) is 3.07. The van der Waals surface area contributed by atoms with Gasteiger partial charge in [-0.25, -0.2) is 4.79 Å². The lowest BCUT2D eigenvalue weighted by molar-refractivity contribution is 0.00287. The normalized spacial score (nSPS) is 28.7. The summed E-state index contributed by atoms with van der Waals surface area (Å²) in [5.41, 5.74) is 0.630. The number of nitrogens with one attached hydrogen (secondary N) is 1. The zero-order valence-electron chi connectivity index (χ0n) is 10.3. The molecule has 1 aliphatic heterocycles. The maximum atomic E-state index is 11.9. The third-order valence-electron chi connectivity index (χ3n) is 3.28. The molecule has 0 aromatic heterocycles. The van der Waals surface area contributed by atoms with Crippen molar-refractivity contribution in [2.24, 2.45) is 5.92 Å². The Morgan fingerprint density at radius 3 is 2.71 bits per heavy atom. The number of esters is 1. The highest BCUT2D eigenvalue weighted by Gasteiger charge is 2.28. The van der Waals surface area contributed by atoms with E-state index in [1.165, 1.54) is 0 Å². The minimum absolute atomic E-state index is 0.0268. The van der Waals surface area contributed by atoms with Crippen LogP contribution in [0.25, 0.3) is 0 Å². The van der Waals surface area contributed by atoms with Crippen LogP contribution in [0.3, 0.4) is 0 Å². The number of piperidine rings is 1. The number of hydrogen-bond donors (Lipinski definition) is 1. The number of carbonyl (C=O) groups is 1. The van der Waals surface area contributed by atoms with E-state index in [9.17, 15) is 4.79 Å². The van der Waals surface area contributed by atoms with Crippen LogP contribution in [-0.4, -0.2) is 24.7 Å². The molecule has 1 aromatic carbocycles. The topological polar surface area (TPSA) is 38.3 Å². The van der Waals surface area contributed by atoms with Gasteiger partial charge >= 0.3 is 5.97 Å². The third-order valence-corrected chi connectivity index (χ3v) is 3.28. The number of benzene rings is 1. The lowest BCUT2D eigenvalue weighted by atomic mass is 9.93. The predicted molar refractivity (Wildman–Crippen MR) is 66.9 cm³/mol. The Bertz CT molecular complexity index is 377. The summed E-state index contributed by atoms with van der Waals surface area (Å²) < 4.78 is 5.58. The smallest absolute Gasteiger partial charge is 0.338 e. The van der Waals surface area contributed by atoms with Crippen molar-refractivity contribution < 1.29 is 9.53 Å². The summed E-state index contributed by atoms with van der Waals surface area (Å²) in [6, 6.07) is 9.59. The van der Waals surface area contributed by atoms with Gasteiger partial charge in [0.2, 0.25) is 0 Å². The van der Waals surface area contributed by atoms with E-state index in [-0.39, 0.29) is 12.1 Å². The number of ether oxygens (including phenoxy) is 1. The molecule has 0 aliphatic carbocycles. The molecule has 0 bridgehead atoms. The summed E-state index contributed by atoms with van der Waals surface area (Å²) in [6.45, 7) is 5.14. The zero-order chi connectivity index (χ0) is 12.3. The fourth-order valence-corrected chi connectivity index (χ4v) is 2.13. The molecule has 1 saturated heterocycles. The van der Waals surface area contributed by atoms with E-state index in [0.29, 0.717) is 17.5 Å². The van der Waals surface area contributed by atoms with Crippen LogP contribution in [-0.2, 0) is 4.74 Å². The molecule has 1 fully saturated rings. The van der Waals surface area contributed by atoms with E-state index in [1.807, 2.05) is 18.2 Å². The SMILES string of the molecule is C[C@@H]1C[C@@H](OC(=O)c2ccccc2)[C@H](C)CN1. The first kappa shape index (κ1) is 12.1. The lowest BCUT2D eigenvalue weighted by Gasteiger charge is -2.33. The first-order valence-electron chi connectivity index (χ1n) is 6.16. The molecule has 1 aromatic rings. The molecule has 0 radical (unpaired) electrons. The second kappa shape index (κ2) is 5.32. The van der Waals surface area contributed by atoms with Crippen LogP contribution in [0.5, 0.6) is 0 Å². The van der Waals surface area contributed by atoms with Crippen LogP contribution in [0.2, 0.25) is 0 Å². The molecule has 2 rings (SSSR count). The van der Waals surface area contributed by atoms with Gasteiger partial charge in [0.15, 0.2) is 0 Å². The Kier molecular flexibility index (Phi) is 3.79. The molecule has 0 spiro atoms. The molecule has 1 aliphatic rings. The summed E-state index contributed by atoms with van der Waals surface area (Å²) in [5, 5.41) is 3.38. The van der Waals surface area contributed by atoms with Crippen LogP contribution in [0.1, 0.15) is 30.6 Å². The number of carbonyl (C=O) groups excluding carboxylic acids is 1. The van der Waals surface area contributed by atoms with E-state index in [4.69, 9.17) is 4.74 Å². The second-order valence-corrected chi connectivity index (χ2v) is 4.83. The van der Waals surface area contributed by atoms with Gasteiger partial charge in [-0.1, -0.05) is 25.1 Å². The molecule has 0 amide bonds. The molecule has 1 N–H and O–H groups in total. The highest BCUT2D eigenvalue weighted by atomic mass is 16.5. The standard InChI is InChI=1S/C14H19NO2/c1-10-9-15-11(2)8-13(10)17-14(16)12-6-4-3-5-7-12/h3-7,10-11,13,15H,8-9H2,1-2H3/t10-,11-,13-/m1/s1. The van der Waals surface area contributed by atoms with Crippen LogP contribution in [0.15, 0.2) is 30.3 Å². The van der Waals surface area contributed by atoms with Gasteiger partial charge in [0, 0.05) is 18.5 Å². The highest BCUT2D eigenvalue weighted by molar-refractivity contribution is 5.89. The monoisotopic (exact) mass is 233 g/mol. The van der Waals surface area contributed by atoms with Crippen LogP contribution in [0, 0.1) is 5.92 Å². The van der Waals surface area contributed by atoms with Crippen molar-refractivity contribution in [2.45, 2.75) is 32.4 Å². The molecule has 17 heavy (non-hydrogen) atoms. The average molecular weight is 233 g/mol. The molecule has 1 heterocycles. The molecule has 3 atom stereocenters. The maximum absolute atomic E-state index is 11.9. The Hall–Kier alpha value is -1.35. The Balaban J connectivity index is 1.98. The minimum atomic E-state index is -0.212. The predicted octanol–water partition coefficient (Wildman–Crippen LogP) is 2.23. The Morgan fingerprint density at radius 2 is 2.00 bits per heavy atom. The van der Waals surface area contributed by atoms with Crippen LogP contribution in [0.4, 0.5) is 0 Å². The van der Waals surface area contributed by atoms with Crippen molar-refractivity contribution in [1.29, 1.82) is 0 Å². The molecule has 3 heteroatoms. The van der Waals surface area contributed by atoms with Gasteiger partial charge in [-0.3, -0.25) is 0 Å². The Labute approximate surface area is 102 Å². The van der Waals surface area contributed by atoms with Gasteiger partial charge in [-0.15, -0.1) is 0 Å². The highest BCUT2D eigenvalue weighted by Crippen LogP contribution is 2.19. The van der Waals surface area contributed by atoms with Crippen molar-refractivity contribution >= 4 is 5.97 Å².